The molecule has 1 unspecified atom stereocenters. The number of imide groups is 1. The first-order valence-electron chi connectivity index (χ1n) is 2.82. The molecule has 1 atom stereocenters. The van der Waals surface area contributed by atoms with Crippen LogP contribution < -0.4 is 0 Å². The van der Waals surface area contributed by atoms with Crippen molar-refractivity contribution in [2.24, 2.45) is 0 Å². The smallest absolute Gasteiger partial charge is 0.254 e. The predicted octanol–water partition coefficient (Wildman–Crippen LogP) is 0.692. The van der Waals surface area contributed by atoms with Gasteiger partial charge >= 0.3 is 0 Å². The van der Waals surface area contributed by atoms with Crippen LogP contribution in [0.25, 0.3) is 0 Å². The van der Waals surface area contributed by atoms with Crippen molar-refractivity contribution in [2.45, 2.75) is 11.0 Å². The summed E-state index contributed by atoms with van der Waals surface area (Å²) in [5.41, 5.74) is 0. The fourth-order valence-corrected chi connectivity index (χ4v) is 1.31. The molecule has 3 nitrogen and oxygen atoms in total. The van der Waals surface area contributed by atoms with E-state index in [-0.39, 0.29) is 15.9 Å². The van der Waals surface area contributed by atoms with Gasteiger partial charge in [0.25, 0.3) is 11.8 Å². The van der Waals surface area contributed by atoms with Crippen LogP contribution >= 0.6 is 22.6 Å². The number of nitrogens with zero attached hydrogens (tertiary/aromatic N) is 1. The van der Waals surface area contributed by atoms with Crippen molar-refractivity contribution >= 4 is 34.4 Å². The molecule has 1 aliphatic rings. The zero-order valence-electron chi connectivity index (χ0n) is 5.37. The summed E-state index contributed by atoms with van der Waals surface area (Å²) in [5.74, 6) is -0.432. The minimum absolute atomic E-state index is 0.0624. The third-order valence-electron chi connectivity index (χ3n) is 1.20. The molecule has 2 amide bonds. The maximum Gasteiger partial charge on any atom is 0.254 e. The molecule has 0 aromatic rings. The van der Waals surface area contributed by atoms with Gasteiger partial charge in [-0.25, -0.2) is 0 Å². The molecular weight excluding hydrogens is 245 g/mol. The van der Waals surface area contributed by atoms with E-state index in [4.69, 9.17) is 0 Å². The number of rotatable bonds is 1. The van der Waals surface area contributed by atoms with Crippen molar-refractivity contribution < 1.29 is 9.59 Å². The molecule has 1 aliphatic heterocycles. The quantitative estimate of drug-likeness (QED) is 0.297. The number of carbonyl (C=O) groups is 2. The van der Waals surface area contributed by atoms with Gasteiger partial charge in [-0.05, 0) is 6.92 Å². The number of hydrogen-bond donors (Lipinski definition) is 0. The summed E-state index contributed by atoms with van der Waals surface area (Å²) in [6, 6.07) is 0. The molecule has 1 heterocycles. The molecule has 0 N–H and O–H groups in total. The number of carbonyl (C=O) groups excluding carboxylic acids is 2. The number of hydrogen-bond acceptors (Lipinski definition) is 2. The molecule has 0 aliphatic carbocycles. The van der Waals surface area contributed by atoms with E-state index in [2.05, 4.69) is 0 Å². The van der Waals surface area contributed by atoms with Crippen LogP contribution in [0, 0.1) is 0 Å². The van der Waals surface area contributed by atoms with Crippen molar-refractivity contribution in [1.82, 2.24) is 4.90 Å². The van der Waals surface area contributed by atoms with Crippen LogP contribution in [0.3, 0.4) is 0 Å². The summed E-state index contributed by atoms with van der Waals surface area (Å²) in [7, 11) is 0. The molecule has 1 rings (SSSR count). The van der Waals surface area contributed by atoms with Gasteiger partial charge < -0.3 is 0 Å². The van der Waals surface area contributed by atoms with Crippen LogP contribution in [0.2, 0.25) is 0 Å². The van der Waals surface area contributed by atoms with Gasteiger partial charge in [0.1, 0.15) is 0 Å². The number of halogens is 1. The van der Waals surface area contributed by atoms with Gasteiger partial charge in [-0.3, -0.25) is 14.5 Å². The highest BCUT2D eigenvalue weighted by Crippen LogP contribution is 2.13. The van der Waals surface area contributed by atoms with Crippen LogP contribution in [-0.2, 0) is 9.59 Å². The first-order chi connectivity index (χ1) is 4.63. The van der Waals surface area contributed by atoms with Crippen LogP contribution in [0.4, 0.5) is 0 Å². The zero-order chi connectivity index (χ0) is 7.72. The second-order valence-corrected chi connectivity index (χ2v) is 3.76. The highest BCUT2D eigenvalue weighted by molar-refractivity contribution is 14.1. The van der Waals surface area contributed by atoms with E-state index in [1.807, 2.05) is 22.6 Å². The molecule has 0 aromatic carbocycles. The first kappa shape index (κ1) is 7.71. The van der Waals surface area contributed by atoms with Crippen LogP contribution in [0.15, 0.2) is 12.2 Å². The Kier molecular flexibility index (Phi) is 2.08. The summed E-state index contributed by atoms with van der Waals surface area (Å²) in [6.45, 7) is 1.80. The number of alkyl halides is 1. The van der Waals surface area contributed by atoms with Gasteiger partial charge in [0.15, 0.2) is 0 Å². The maximum absolute atomic E-state index is 10.8. The van der Waals surface area contributed by atoms with Gasteiger partial charge in [-0.1, -0.05) is 22.6 Å². The van der Waals surface area contributed by atoms with Gasteiger partial charge in [-0.15, -0.1) is 0 Å². The summed E-state index contributed by atoms with van der Waals surface area (Å²) >= 11 is 2.02. The molecule has 0 saturated carbocycles. The largest absolute Gasteiger partial charge is 0.269 e. The Morgan fingerprint density at radius 2 is 1.80 bits per heavy atom. The van der Waals surface area contributed by atoms with Crippen molar-refractivity contribution in [3.63, 3.8) is 0 Å². The lowest BCUT2D eigenvalue weighted by molar-refractivity contribution is -0.136. The molecule has 54 valence electrons. The fraction of sp³-hybridized carbons (Fsp3) is 0.333. The van der Waals surface area contributed by atoms with E-state index in [0.717, 1.165) is 0 Å². The standard InChI is InChI=1S/C6H6INO2/c1-4(7)8-5(9)2-3-6(8)10/h2-4H,1H3. The number of amides is 2. The normalized spacial score (nSPS) is 20.4. The first-order valence-corrected chi connectivity index (χ1v) is 4.07. The highest BCUT2D eigenvalue weighted by Gasteiger charge is 2.26. The summed E-state index contributed by atoms with van der Waals surface area (Å²) in [4.78, 5) is 22.9. The second kappa shape index (κ2) is 2.69. The Bertz CT molecular complexity index is 192. The van der Waals surface area contributed by atoms with Gasteiger partial charge in [0, 0.05) is 12.2 Å². The van der Waals surface area contributed by atoms with Gasteiger partial charge in [-0.2, -0.15) is 0 Å². The Morgan fingerprint density at radius 3 is 2.00 bits per heavy atom. The SMILES string of the molecule is CC(I)N1C(=O)C=CC1=O. The Balaban J connectivity index is 2.79. The van der Waals surface area contributed by atoms with E-state index >= 15 is 0 Å². The van der Waals surface area contributed by atoms with Crippen molar-refractivity contribution in [3.8, 4) is 0 Å². The van der Waals surface area contributed by atoms with Crippen molar-refractivity contribution in [2.75, 3.05) is 0 Å². The lowest BCUT2D eigenvalue weighted by Crippen LogP contribution is -2.34. The van der Waals surface area contributed by atoms with Gasteiger partial charge in [0.05, 0.1) is 4.05 Å². The van der Waals surface area contributed by atoms with Crippen LogP contribution in [0.5, 0.6) is 0 Å². The monoisotopic (exact) mass is 251 g/mol. The summed E-state index contributed by atoms with van der Waals surface area (Å²) in [5, 5.41) is 0. The van der Waals surface area contributed by atoms with Crippen LogP contribution in [0.1, 0.15) is 6.92 Å². The van der Waals surface area contributed by atoms with E-state index in [9.17, 15) is 9.59 Å². The fourth-order valence-electron chi connectivity index (χ4n) is 0.762. The van der Waals surface area contributed by atoms with Crippen molar-refractivity contribution in [1.29, 1.82) is 0 Å². The topological polar surface area (TPSA) is 37.4 Å². The van der Waals surface area contributed by atoms with E-state index in [1.165, 1.54) is 17.1 Å². The molecule has 10 heavy (non-hydrogen) atoms. The summed E-state index contributed by atoms with van der Waals surface area (Å²) in [6.07, 6.45) is 2.58. The van der Waals surface area contributed by atoms with Crippen LogP contribution in [-0.4, -0.2) is 20.8 Å². The second-order valence-electron chi connectivity index (χ2n) is 1.95. The van der Waals surface area contributed by atoms with Crippen molar-refractivity contribution in [3.05, 3.63) is 12.2 Å². The predicted molar refractivity (Wildman–Crippen MR) is 44.5 cm³/mol. The van der Waals surface area contributed by atoms with E-state index in [0.29, 0.717) is 0 Å². The van der Waals surface area contributed by atoms with Gasteiger partial charge in [0.2, 0.25) is 0 Å². The average Bonchev–Trinajstić information content (AvgIpc) is 2.11. The van der Waals surface area contributed by atoms with E-state index < -0.39 is 0 Å². The molecule has 0 radical (unpaired) electrons. The minimum Gasteiger partial charge on any atom is -0.269 e. The molecule has 0 aromatic heterocycles. The third kappa shape index (κ3) is 1.21. The molecule has 0 bridgehead atoms. The third-order valence-corrected chi connectivity index (χ3v) is 1.76. The minimum atomic E-state index is -0.216. The molecule has 0 fully saturated rings. The molecule has 4 heteroatoms. The van der Waals surface area contributed by atoms with E-state index in [1.54, 1.807) is 6.92 Å². The molecular formula is C6H6INO2. The average molecular weight is 251 g/mol. The maximum atomic E-state index is 10.8. The Morgan fingerprint density at radius 1 is 1.40 bits per heavy atom. The zero-order valence-corrected chi connectivity index (χ0v) is 7.53. The Hall–Kier alpha value is -0.390. The lowest BCUT2D eigenvalue weighted by atomic mass is 10.5. The Labute approximate surface area is 72.2 Å². The molecule has 0 saturated heterocycles. The highest BCUT2D eigenvalue weighted by atomic mass is 127. The molecule has 0 spiro atoms. The summed E-state index contributed by atoms with van der Waals surface area (Å²) < 4.78 is -0.0624. The lowest BCUT2D eigenvalue weighted by Gasteiger charge is -2.15.